The Bertz CT molecular complexity index is 485. The molecule has 0 aliphatic heterocycles. The second-order valence-corrected chi connectivity index (χ2v) is 3.05. The monoisotopic (exact) mass is 169 g/mol. The fourth-order valence-electron chi connectivity index (χ4n) is 1.58. The zero-order valence-electron chi connectivity index (χ0n) is 7.62. The highest BCUT2D eigenvalue weighted by Crippen LogP contribution is 2.18. The summed E-state index contributed by atoms with van der Waals surface area (Å²) in [6, 6.07) is 10.4. The van der Waals surface area contributed by atoms with Crippen LogP contribution in [0.25, 0.3) is 17.1 Å². The van der Waals surface area contributed by atoms with E-state index < -0.39 is 0 Å². The maximum absolute atomic E-state index is 3.58. The van der Waals surface area contributed by atoms with Gasteiger partial charge in [-0.3, -0.25) is 0 Å². The van der Waals surface area contributed by atoms with Crippen LogP contribution in [0.4, 0.5) is 0 Å². The average molecular weight is 169 g/mol. The summed E-state index contributed by atoms with van der Waals surface area (Å²) in [7, 11) is 0. The second kappa shape index (κ2) is 2.96. The number of hydrogen-bond acceptors (Lipinski definition) is 0. The van der Waals surface area contributed by atoms with Crippen molar-refractivity contribution in [3.8, 4) is 0 Å². The molecule has 0 saturated heterocycles. The summed E-state index contributed by atoms with van der Waals surface area (Å²) in [6.45, 7) is 5.66. The van der Waals surface area contributed by atoms with Crippen molar-refractivity contribution < 1.29 is 0 Å². The van der Waals surface area contributed by atoms with Crippen molar-refractivity contribution in [2.45, 2.75) is 6.92 Å². The SMILES string of the molecule is C=C=Cn1c(C)cc2ccccc21. The molecule has 2 aromatic rings. The lowest BCUT2D eigenvalue weighted by Gasteiger charge is -1.97. The minimum Gasteiger partial charge on any atom is -0.313 e. The van der Waals surface area contributed by atoms with Crippen LogP contribution in [0.1, 0.15) is 5.69 Å². The minimum absolute atomic E-state index is 1.20. The maximum Gasteiger partial charge on any atom is 0.0531 e. The Balaban J connectivity index is 2.85. The van der Waals surface area contributed by atoms with Gasteiger partial charge in [0.05, 0.1) is 11.7 Å². The number of hydrogen-bond donors (Lipinski definition) is 0. The Hall–Kier alpha value is -1.72. The van der Waals surface area contributed by atoms with Crippen LogP contribution in [0.5, 0.6) is 0 Å². The first-order valence-electron chi connectivity index (χ1n) is 4.25. The van der Waals surface area contributed by atoms with Crippen molar-refractivity contribution in [1.82, 2.24) is 4.57 Å². The smallest absolute Gasteiger partial charge is 0.0531 e. The lowest BCUT2D eigenvalue weighted by Crippen LogP contribution is -1.86. The predicted octanol–water partition coefficient (Wildman–Crippen LogP) is 3.21. The highest BCUT2D eigenvalue weighted by atomic mass is 15.0. The third-order valence-corrected chi connectivity index (χ3v) is 2.16. The maximum atomic E-state index is 3.58. The van der Waals surface area contributed by atoms with Crippen LogP contribution < -0.4 is 0 Å². The van der Waals surface area contributed by atoms with E-state index in [1.54, 1.807) is 0 Å². The van der Waals surface area contributed by atoms with Gasteiger partial charge in [-0.2, -0.15) is 0 Å². The molecule has 64 valence electrons. The van der Waals surface area contributed by atoms with Crippen molar-refractivity contribution in [3.63, 3.8) is 0 Å². The molecule has 0 spiro atoms. The van der Waals surface area contributed by atoms with Gasteiger partial charge in [0.2, 0.25) is 0 Å². The zero-order valence-corrected chi connectivity index (χ0v) is 7.62. The van der Waals surface area contributed by atoms with E-state index in [0.29, 0.717) is 0 Å². The number of aryl methyl sites for hydroxylation is 1. The van der Waals surface area contributed by atoms with Gasteiger partial charge >= 0.3 is 0 Å². The molecule has 1 aromatic heterocycles. The van der Waals surface area contributed by atoms with Gasteiger partial charge in [-0.25, -0.2) is 0 Å². The van der Waals surface area contributed by atoms with Crippen LogP contribution >= 0.6 is 0 Å². The number of rotatable bonds is 1. The van der Waals surface area contributed by atoms with E-state index in [-0.39, 0.29) is 0 Å². The van der Waals surface area contributed by atoms with Crippen LogP contribution in [-0.2, 0) is 0 Å². The standard InChI is InChI=1S/C12H11N/c1-3-8-13-10(2)9-11-6-4-5-7-12(11)13/h4-9H,1H2,2H3. The van der Waals surface area contributed by atoms with Gasteiger partial charge in [-0.1, -0.05) is 24.8 Å². The molecular weight excluding hydrogens is 158 g/mol. The van der Waals surface area contributed by atoms with E-state index >= 15 is 0 Å². The third kappa shape index (κ3) is 1.20. The molecule has 2 rings (SSSR count). The summed E-state index contributed by atoms with van der Waals surface area (Å²) in [5.74, 6) is 0. The largest absolute Gasteiger partial charge is 0.313 e. The Kier molecular flexibility index (Phi) is 1.80. The normalized spacial score (nSPS) is 9.92. The molecule has 1 nitrogen and oxygen atoms in total. The number of nitrogens with zero attached hydrogens (tertiary/aromatic N) is 1. The molecule has 0 N–H and O–H groups in total. The molecule has 1 heteroatoms. The van der Waals surface area contributed by atoms with Crippen LogP contribution in [0.2, 0.25) is 0 Å². The fraction of sp³-hybridized carbons (Fsp3) is 0.0833. The second-order valence-electron chi connectivity index (χ2n) is 3.05. The van der Waals surface area contributed by atoms with E-state index in [9.17, 15) is 0 Å². The molecule has 0 radical (unpaired) electrons. The van der Waals surface area contributed by atoms with Crippen LogP contribution in [-0.4, -0.2) is 4.57 Å². The molecule has 0 fully saturated rings. The van der Waals surface area contributed by atoms with Gasteiger partial charge in [-0.15, -0.1) is 5.73 Å². The fourth-order valence-corrected chi connectivity index (χ4v) is 1.58. The van der Waals surface area contributed by atoms with Crippen molar-refractivity contribution in [2.24, 2.45) is 0 Å². The Morgan fingerprint density at radius 3 is 2.92 bits per heavy atom. The third-order valence-electron chi connectivity index (χ3n) is 2.16. The zero-order chi connectivity index (χ0) is 9.26. The van der Waals surface area contributed by atoms with Crippen molar-refractivity contribution in [1.29, 1.82) is 0 Å². The topological polar surface area (TPSA) is 4.93 Å². The lowest BCUT2D eigenvalue weighted by molar-refractivity contribution is 1.13. The molecule has 0 aliphatic rings. The highest BCUT2D eigenvalue weighted by molar-refractivity contribution is 5.83. The first-order chi connectivity index (χ1) is 6.33. The first kappa shape index (κ1) is 7.90. The lowest BCUT2D eigenvalue weighted by atomic mass is 10.2. The van der Waals surface area contributed by atoms with Gasteiger partial charge in [0, 0.05) is 11.1 Å². The molecule has 1 aromatic carbocycles. The van der Waals surface area contributed by atoms with Gasteiger partial charge < -0.3 is 4.57 Å². The molecule has 0 unspecified atom stereocenters. The summed E-state index contributed by atoms with van der Waals surface area (Å²) in [5.41, 5.74) is 5.20. The van der Waals surface area contributed by atoms with Crippen LogP contribution in [0.15, 0.2) is 42.6 Å². The summed E-state index contributed by atoms with van der Waals surface area (Å²) >= 11 is 0. The highest BCUT2D eigenvalue weighted by Gasteiger charge is 2.00. The van der Waals surface area contributed by atoms with Crippen LogP contribution in [0, 0.1) is 6.92 Å². The molecule has 0 saturated carbocycles. The molecule has 0 bridgehead atoms. The Morgan fingerprint density at radius 1 is 1.38 bits per heavy atom. The Morgan fingerprint density at radius 2 is 2.15 bits per heavy atom. The summed E-state index contributed by atoms with van der Waals surface area (Å²) in [6.07, 6.45) is 1.86. The molecule has 1 heterocycles. The van der Waals surface area contributed by atoms with E-state index in [1.807, 2.05) is 18.3 Å². The molecular formula is C12H11N. The van der Waals surface area contributed by atoms with E-state index in [0.717, 1.165) is 0 Å². The van der Waals surface area contributed by atoms with Gasteiger partial charge in [0.15, 0.2) is 0 Å². The van der Waals surface area contributed by atoms with E-state index in [2.05, 4.69) is 42.0 Å². The molecule has 0 amide bonds. The Labute approximate surface area is 77.6 Å². The number of benzene rings is 1. The predicted molar refractivity (Wildman–Crippen MR) is 56.6 cm³/mol. The van der Waals surface area contributed by atoms with Gasteiger partial charge in [0.1, 0.15) is 0 Å². The molecule has 0 atom stereocenters. The van der Waals surface area contributed by atoms with Gasteiger partial charge in [-0.05, 0) is 19.1 Å². The van der Waals surface area contributed by atoms with Crippen molar-refractivity contribution >= 4 is 17.1 Å². The number of fused-ring (bicyclic) bond motifs is 1. The molecule has 13 heavy (non-hydrogen) atoms. The van der Waals surface area contributed by atoms with E-state index in [4.69, 9.17) is 0 Å². The number of aromatic nitrogens is 1. The van der Waals surface area contributed by atoms with Crippen molar-refractivity contribution in [3.05, 3.63) is 48.3 Å². The quantitative estimate of drug-likeness (QED) is 0.578. The van der Waals surface area contributed by atoms with Crippen LogP contribution in [0.3, 0.4) is 0 Å². The van der Waals surface area contributed by atoms with Gasteiger partial charge in [0.25, 0.3) is 0 Å². The minimum atomic E-state index is 1.20. The first-order valence-corrected chi connectivity index (χ1v) is 4.25. The molecule has 0 aliphatic carbocycles. The van der Waals surface area contributed by atoms with E-state index in [1.165, 1.54) is 16.6 Å². The van der Waals surface area contributed by atoms with Crippen molar-refractivity contribution in [2.75, 3.05) is 0 Å². The summed E-state index contributed by atoms with van der Waals surface area (Å²) < 4.78 is 2.09. The summed E-state index contributed by atoms with van der Waals surface area (Å²) in [4.78, 5) is 0. The summed E-state index contributed by atoms with van der Waals surface area (Å²) in [5, 5.41) is 1.26. The number of para-hydroxylation sites is 1. The average Bonchev–Trinajstić information content (AvgIpc) is 2.44.